The summed E-state index contributed by atoms with van der Waals surface area (Å²) in [5, 5.41) is 11.3. The molecular formula is C24H16N2O7. The van der Waals surface area contributed by atoms with Gasteiger partial charge in [-0.25, -0.2) is 9.69 Å². The van der Waals surface area contributed by atoms with Crippen molar-refractivity contribution in [3.63, 3.8) is 0 Å². The van der Waals surface area contributed by atoms with Crippen molar-refractivity contribution in [1.82, 2.24) is 0 Å². The highest BCUT2D eigenvalue weighted by Crippen LogP contribution is 2.33. The fourth-order valence-corrected chi connectivity index (χ4v) is 3.52. The molecule has 1 aliphatic rings. The molecule has 0 saturated heterocycles. The van der Waals surface area contributed by atoms with Gasteiger partial charge in [-0.3, -0.25) is 24.5 Å². The zero-order valence-electron chi connectivity index (χ0n) is 17.3. The molecule has 0 bridgehead atoms. The summed E-state index contributed by atoms with van der Waals surface area (Å²) in [6.07, 6.45) is -1.02. The smallest absolute Gasteiger partial charge is 0.338 e. The third kappa shape index (κ3) is 3.87. The molecule has 0 N–H and O–H groups in total. The van der Waals surface area contributed by atoms with Crippen LogP contribution in [0.5, 0.6) is 0 Å². The molecule has 1 atom stereocenters. The molecule has 0 aromatic heterocycles. The van der Waals surface area contributed by atoms with Gasteiger partial charge in [-0.1, -0.05) is 36.4 Å². The number of esters is 1. The fraction of sp³-hybridized carbons (Fsp3) is 0.0833. The van der Waals surface area contributed by atoms with E-state index in [0.29, 0.717) is 5.56 Å². The molecular weight excluding hydrogens is 428 g/mol. The van der Waals surface area contributed by atoms with E-state index in [-0.39, 0.29) is 28.2 Å². The molecule has 3 aromatic rings. The summed E-state index contributed by atoms with van der Waals surface area (Å²) in [6, 6.07) is 17.6. The third-order valence-corrected chi connectivity index (χ3v) is 5.16. The molecule has 4 rings (SSSR count). The van der Waals surface area contributed by atoms with Gasteiger partial charge in [0.15, 0.2) is 6.10 Å². The van der Waals surface area contributed by atoms with E-state index in [1.54, 1.807) is 30.3 Å². The van der Waals surface area contributed by atoms with E-state index >= 15 is 0 Å². The van der Waals surface area contributed by atoms with Crippen LogP contribution in [-0.4, -0.2) is 34.6 Å². The first kappa shape index (κ1) is 21.6. The lowest BCUT2D eigenvalue weighted by Crippen LogP contribution is -2.29. The largest absolute Gasteiger partial charge is 0.451 e. The minimum Gasteiger partial charge on any atom is -0.451 e. The Kier molecular flexibility index (Phi) is 5.53. The van der Waals surface area contributed by atoms with Crippen LogP contribution in [-0.2, 0) is 4.74 Å². The number of benzene rings is 3. The first-order valence-electron chi connectivity index (χ1n) is 9.86. The van der Waals surface area contributed by atoms with Gasteiger partial charge < -0.3 is 4.74 Å². The Morgan fingerprint density at radius 1 is 0.879 bits per heavy atom. The molecule has 0 radical (unpaired) electrons. The topological polar surface area (TPSA) is 124 Å². The van der Waals surface area contributed by atoms with E-state index in [1.165, 1.54) is 43.3 Å². The minimum absolute atomic E-state index is 0.0639. The summed E-state index contributed by atoms with van der Waals surface area (Å²) in [5.41, 5.74) is -0.136. The third-order valence-electron chi connectivity index (χ3n) is 5.16. The molecule has 3 aromatic carbocycles. The average Bonchev–Trinajstić information content (AvgIpc) is 3.09. The van der Waals surface area contributed by atoms with Crippen LogP contribution in [0.3, 0.4) is 0 Å². The van der Waals surface area contributed by atoms with Gasteiger partial charge in [0.1, 0.15) is 5.56 Å². The second-order valence-corrected chi connectivity index (χ2v) is 7.23. The molecule has 0 unspecified atom stereocenters. The van der Waals surface area contributed by atoms with Crippen molar-refractivity contribution in [3.8, 4) is 0 Å². The Hall–Kier alpha value is -4.66. The molecule has 1 heterocycles. The van der Waals surface area contributed by atoms with Gasteiger partial charge in [-0.15, -0.1) is 0 Å². The lowest BCUT2D eigenvalue weighted by molar-refractivity contribution is -0.385. The first-order valence-corrected chi connectivity index (χ1v) is 9.86. The van der Waals surface area contributed by atoms with E-state index in [4.69, 9.17) is 4.74 Å². The Morgan fingerprint density at radius 3 is 2.18 bits per heavy atom. The number of ether oxygens (including phenoxy) is 1. The maximum Gasteiger partial charge on any atom is 0.338 e. The Bertz CT molecular complexity index is 1300. The van der Waals surface area contributed by atoms with Gasteiger partial charge >= 0.3 is 5.97 Å². The quantitative estimate of drug-likeness (QED) is 0.186. The average molecular weight is 444 g/mol. The summed E-state index contributed by atoms with van der Waals surface area (Å²) in [6.45, 7) is 1.47. The van der Waals surface area contributed by atoms with Crippen molar-refractivity contribution in [1.29, 1.82) is 0 Å². The molecule has 2 amide bonds. The minimum atomic E-state index is -1.02. The van der Waals surface area contributed by atoms with E-state index in [2.05, 4.69) is 0 Å². The Balaban J connectivity index is 1.52. The molecule has 0 spiro atoms. The molecule has 0 saturated carbocycles. The zero-order chi connectivity index (χ0) is 23.7. The second kappa shape index (κ2) is 8.46. The SMILES string of the molecule is C[C@H](OC(=O)c1ccc(N2C(=O)c3cccc([N+](=O)[O-])c3C2=O)cc1)C(=O)c1ccccc1. The van der Waals surface area contributed by atoms with Crippen molar-refractivity contribution in [3.05, 3.63) is 105 Å². The van der Waals surface area contributed by atoms with Gasteiger partial charge in [-0.2, -0.15) is 0 Å². The number of imide groups is 1. The predicted octanol–water partition coefficient (Wildman–Crippen LogP) is 3.82. The second-order valence-electron chi connectivity index (χ2n) is 7.23. The Labute approximate surface area is 187 Å². The number of hydrogen-bond donors (Lipinski definition) is 0. The molecule has 0 fully saturated rings. The van der Waals surface area contributed by atoms with Gasteiger partial charge in [0, 0.05) is 11.6 Å². The number of fused-ring (bicyclic) bond motifs is 1. The van der Waals surface area contributed by atoms with Crippen LogP contribution in [0.15, 0.2) is 72.8 Å². The normalized spacial score (nSPS) is 13.4. The van der Waals surface area contributed by atoms with Crippen LogP contribution >= 0.6 is 0 Å². The highest BCUT2D eigenvalue weighted by atomic mass is 16.6. The van der Waals surface area contributed by atoms with Crippen LogP contribution in [0.1, 0.15) is 48.4 Å². The van der Waals surface area contributed by atoms with Crippen molar-refractivity contribution >= 4 is 34.9 Å². The number of Topliss-reactive ketones (excluding diaryl/α,β-unsaturated/α-hetero) is 1. The van der Waals surface area contributed by atoms with Gasteiger partial charge in [-0.05, 0) is 37.3 Å². The lowest BCUT2D eigenvalue weighted by atomic mass is 10.1. The van der Waals surface area contributed by atoms with Crippen LogP contribution in [0.25, 0.3) is 0 Å². The number of nitro groups is 1. The molecule has 0 aliphatic carbocycles. The molecule has 33 heavy (non-hydrogen) atoms. The molecule has 1 aliphatic heterocycles. The monoisotopic (exact) mass is 444 g/mol. The number of nitro benzene ring substituents is 1. The summed E-state index contributed by atoms with van der Waals surface area (Å²) >= 11 is 0. The number of hydrogen-bond acceptors (Lipinski definition) is 7. The van der Waals surface area contributed by atoms with E-state index in [0.717, 1.165) is 11.0 Å². The zero-order valence-corrected chi connectivity index (χ0v) is 17.3. The molecule has 9 heteroatoms. The fourth-order valence-electron chi connectivity index (χ4n) is 3.52. The number of anilines is 1. The van der Waals surface area contributed by atoms with Crippen molar-refractivity contribution in [2.75, 3.05) is 4.90 Å². The number of nitrogens with zero attached hydrogens (tertiary/aromatic N) is 2. The maximum atomic E-state index is 12.8. The Morgan fingerprint density at radius 2 is 1.55 bits per heavy atom. The van der Waals surface area contributed by atoms with Gasteiger partial charge in [0.2, 0.25) is 5.78 Å². The molecule has 9 nitrogen and oxygen atoms in total. The predicted molar refractivity (Wildman–Crippen MR) is 116 cm³/mol. The number of rotatable bonds is 6. The summed E-state index contributed by atoms with van der Waals surface area (Å²) < 4.78 is 5.24. The number of carbonyl (C=O) groups excluding carboxylic acids is 4. The van der Waals surface area contributed by atoms with Gasteiger partial charge in [0.05, 0.1) is 21.7 Å². The molecule has 164 valence electrons. The highest BCUT2D eigenvalue weighted by Gasteiger charge is 2.41. The van der Waals surface area contributed by atoms with Crippen molar-refractivity contribution < 1.29 is 28.8 Å². The van der Waals surface area contributed by atoms with Crippen LogP contribution in [0.2, 0.25) is 0 Å². The van der Waals surface area contributed by atoms with Crippen molar-refractivity contribution in [2.45, 2.75) is 13.0 Å². The van der Waals surface area contributed by atoms with E-state index in [9.17, 15) is 29.3 Å². The number of ketones is 1. The standard InChI is InChI=1S/C24H16N2O7/c1-14(21(27)15-6-3-2-4-7-15)33-24(30)16-10-12-17(13-11-16)25-22(28)18-8-5-9-19(26(31)32)20(18)23(25)29/h2-14H,1H3/t14-/m0/s1. The van der Waals surface area contributed by atoms with Gasteiger partial charge in [0.25, 0.3) is 17.5 Å². The number of carbonyl (C=O) groups is 4. The highest BCUT2D eigenvalue weighted by molar-refractivity contribution is 6.35. The van der Waals surface area contributed by atoms with Crippen LogP contribution in [0.4, 0.5) is 11.4 Å². The van der Waals surface area contributed by atoms with Crippen LogP contribution < -0.4 is 4.90 Å². The summed E-state index contributed by atoms with van der Waals surface area (Å²) in [7, 11) is 0. The number of amides is 2. The van der Waals surface area contributed by atoms with Crippen LogP contribution in [0, 0.1) is 10.1 Å². The lowest BCUT2D eigenvalue weighted by Gasteiger charge is -2.15. The summed E-state index contributed by atoms with van der Waals surface area (Å²) in [5.74, 6) is -2.62. The summed E-state index contributed by atoms with van der Waals surface area (Å²) in [4.78, 5) is 61.7. The van der Waals surface area contributed by atoms with E-state index in [1.807, 2.05) is 0 Å². The van der Waals surface area contributed by atoms with E-state index < -0.39 is 34.5 Å². The van der Waals surface area contributed by atoms with Crippen molar-refractivity contribution in [2.24, 2.45) is 0 Å². The maximum absolute atomic E-state index is 12.8. The first-order chi connectivity index (χ1) is 15.8.